The summed E-state index contributed by atoms with van der Waals surface area (Å²) in [5, 5.41) is 3.47. The van der Waals surface area contributed by atoms with Gasteiger partial charge < -0.3 is 15.0 Å². The van der Waals surface area contributed by atoms with Crippen LogP contribution in [-0.2, 0) is 0 Å². The third-order valence-electron chi connectivity index (χ3n) is 3.70. The molecule has 2 rings (SSSR count). The van der Waals surface area contributed by atoms with Crippen LogP contribution < -0.4 is 10.1 Å². The third kappa shape index (κ3) is 5.21. The lowest BCUT2D eigenvalue weighted by molar-refractivity contribution is 0.201. The minimum atomic E-state index is 0.764. The van der Waals surface area contributed by atoms with Crippen molar-refractivity contribution in [2.45, 2.75) is 19.8 Å². The summed E-state index contributed by atoms with van der Waals surface area (Å²) in [6, 6.07) is 8.25. The minimum Gasteiger partial charge on any atom is -0.492 e. The monoisotopic (exact) mass is 262 g/mol. The summed E-state index contributed by atoms with van der Waals surface area (Å²) in [7, 11) is 2.19. The SMILES string of the molecule is Cc1cccc(OCCN(C)CC2CCCNC2)c1. The fourth-order valence-electron chi connectivity index (χ4n) is 2.64. The Kier molecular flexibility index (Phi) is 5.67. The Labute approximate surface area is 116 Å². The number of hydrogen-bond donors (Lipinski definition) is 1. The van der Waals surface area contributed by atoms with Gasteiger partial charge in [-0.2, -0.15) is 0 Å². The molecule has 1 aliphatic rings. The Balaban J connectivity index is 1.64. The van der Waals surface area contributed by atoms with Crippen molar-refractivity contribution in [2.24, 2.45) is 5.92 Å². The summed E-state index contributed by atoms with van der Waals surface area (Å²) in [5.74, 6) is 1.78. The summed E-state index contributed by atoms with van der Waals surface area (Å²) >= 11 is 0. The highest BCUT2D eigenvalue weighted by Crippen LogP contribution is 2.13. The van der Waals surface area contributed by atoms with Gasteiger partial charge in [-0.15, -0.1) is 0 Å². The van der Waals surface area contributed by atoms with Crippen LogP contribution in [0.4, 0.5) is 0 Å². The molecule has 0 aromatic heterocycles. The molecule has 0 saturated carbocycles. The van der Waals surface area contributed by atoms with Gasteiger partial charge in [-0.1, -0.05) is 12.1 Å². The molecule has 0 amide bonds. The van der Waals surface area contributed by atoms with Crippen molar-refractivity contribution in [3.05, 3.63) is 29.8 Å². The number of likely N-dealkylation sites (N-methyl/N-ethyl adjacent to an activating group) is 1. The molecule has 1 aromatic rings. The van der Waals surface area contributed by atoms with Gasteiger partial charge in [0.05, 0.1) is 0 Å². The van der Waals surface area contributed by atoms with E-state index < -0.39 is 0 Å². The minimum absolute atomic E-state index is 0.764. The lowest BCUT2D eigenvalue weighted by Crippen LogP contribution is -2.38. The zero-order valence-corrected chi connectivity index (χ0v) is 12.2. The normalized spacial score (nSPS) is 19.6. The zero-order valence-electron chi connectivity index (χ0n) is 12.2. The fourth-order valence-corrected chi connectivity index (χ4v) is 2.64. The standard InChI is InChI=1S/C16H26N2O/c1-14-5-3-7-16(11-14)19-10-9-18(2)13-15-6-4-8-17-12-15/h3,5,7,11,15,17H,4,6,8-10,12-13H2,1-2H3. The van der Waals surface area contributed by atoms with Crippen LogP contribution in [0.5, 0.6) is 5.75 Å². The van der Waals surface area contributed by atoms with Crippen molar-refractivity contribution in [3.8, 4) is 5.75 Å². The van der Waals surface area contributed by atoms with Gasteiger partial charge in [0.25, 0.3) is 0 Å². The molecule has 106 valence electrons. The van der Waals surface area contributed by atoms with Crippen LogP contribution >= 0.6 is 0 Å². The van der Waals surface area contributed by atoms with Gasteiger partial charge in [0.15, 0.2) is 0 Å². The maximum absolute atomic E-state index is 5.79. The molecule has 1 heterocycles. The van der Waals surface area contributed by atoms with Crippen LogP contribution in [0.25, 0.3) is 0 Å². The van der Waals surface area contributed by atoms with Gasteiger partial charge >= 0.3 is 0 Å². The number of hydrogen-bond acceptors (Lipinski definition) is 3. The highest BCUT2D eigenvalue weighted by molar-refractivity contribution is 5.27. The van der Waals surface area contributed by atoms with Crippen molar-refractivity contribution >= 4 is 0 Å². The molecule has 1 atom stereocenters. The van der Waals surface area contributed by atoms with Crippen molar-refractivity contribution in [2.75, 3.05) is 39.8 Å². The summed E-state index contributed by atoms with van der Waals surface area (Å²) in [6.45, 7) is 7.38. The highest BCUT2D eigenvalue weighted by atomic mass is 16.5. The molecule has 1 saturated heterocycles. The van der Waals surface area contributed by atoms with E-state index in [2.05, 4.69) is 36.3 Å². The van der Waals surface area contributed by atoms with Gasteiger partial charge in [0.1, 0.15) is 12.4 Å². The van der Waals surface area contributed by atoms with Gasteiger partial charge in [-0.3, -0.25) is 0 Å². The van der Waals surface area contributed by atoms with E-state index in [9.17, 15) is 0 Å². The van der Waals surface area contributed by atoms with E-state index in [-0.39, 0.29) is 0 Å². The van der Waals surface area contributed by atoms with Crippen LogP contribution in [0.3, 0.4) is 0 Å². The van der Waals surface area contributed by atoms with E-state index in [1.54, 1.807) is 0 Å². The molecular formula is C16H26N2O. The number of benzene rings is 1. The van der Waals surface area contributed by atoms with Crippen molar-refractivity contribution in [3.63, 3.8) is 0 Å². The van der Waals surface area contributed by atoms with E-state index in [0.29, 0.717) is 0 Å². The number of nitrogens with zero attached hydrogens (tertiary/aromatic N) is 1. The second-order valence-corrected chi connectivity index (χ2v) is 5.64. The molecular weight excluding hydrogens is 236 g/mol. The van der Waals surface area contributed by atoms with Gasteiger partial charge in [-0.25, -0.2) is 0 Å². The number of ether oxygens (including phenoxy) is 1. The number of nitrogens with one attached hydrogen (secondary N) is 1. The first-order valence-electron chi connectivity index (χ1n) is 7.33. The molecule has 19 heavy (non-hydrogen) atoms. The van der Waals surface area contributed by atoms with Crippen LogP contribution in [0.1, 0.15) is 18.4 Å². The first kappa shape index (κ1) is 14.4. The highest BCUT2D eigenvalue weighted by Gasteiger charge is 2.14. The first-order chi connectivity index (χ1) is 9.24. The molecule has 1 N–H and O–H groups in total. The maximum Gasteiger partial charge on any atom is 0.119 e. The molecule has 3 heteroatoms. The summed E-state index contributed by atoms with van der Waals surface area (Å²) in [6.07, 6.45) is 2.67. The molecule has 1 aromatic carbocycles. The summed E-state index contributed by atoms with van der Waals surface area (Å²) in [5.41, 5.74) is 1.25. The average Bonchev–Trinajstić information content (AvgIpc) is 2.40. The first-order valence-corrected chi connectivity index (χ1v) is 7.33. The molecule has 0 radical (unpaired) electrons. The second-order valence-electron chi connectivity index (χ2n) is 5.64. The number of piperidine rings is 1. The molecule has 1 fully saturated rings. The van der Waals surface area contributed by atoms with Crippen molar-refractivity contribution in [1.29, 1.82) is 0 Å². The molecule has 0 spiro atoms. The maximum atomic E-state index is 5.79. The summed E-state index contributed by atoms with van der Waals surface area (Å²) in [4.78, 5) is 2.38. The lowest BCUT2D eigenvalue weighted by Gasteiger charge is -2.27. The lowest BCUT2D eigenvalue weighted by atomic mass is 9.99. The number of rotatable bonds is 6. The molecule has 0 bridgehead atoms. The van der Waals surface area contributed by atoms with Gasteiger partial charge in [-0.05, 0) is 63.5 Å². The van der Waals surface area contributed by atoms with Gasteiger partial charge in [0, 0.05) is 13.1 Å². The smallest absolute Gasteiger partial charge is 0.119 e. The quantitative estimate of drug-likeness (QED) is 0.851. The third-order valence-corrected chi connectivity index (χ3v) is 3.70. The fraction of sp³-hybridized carbons (Fsp3) is 0.625. The Bertz CT molecular complexity index is 375. The van der Waals surface area contributed by atoms with E-state index in [1.807, 2.05) is 12.1 Å². The largest absolute Gasteiger partial charge is 0.492 e. The van der Waals surface area contributed by atoms with E-state index in [0.717, 1.165) is 24.8 Å². The molecule has 1 unspecified atom stereocenters. The molecule has 0 aliphatic carbocycles. The Hall–Kier alpha value is -1.06. The van der Waals surface area contributed by atoms with Crippen molar-refractivity contribution < 1.29 is 4.74 Å². The Morgan fingerprint density at radius 2 is 2.32 bits per heavy atom. The van der Waals surface area contributed by atoms with E-state index in [1.165, 1.54) is 38.0 Å². The van der Waals surface area contributed by atoms with Crippen LogP contribution in [0.2, 0.25) is 0 Å². The van der Waals surface area contributed by atoms with E-state index >= 15 is 0 Å². The predicted octanol–water partition coefficient (Wildman–Crippen LogP) is 2.31. The van der Waals surface area contributed by atoms with Crippen molar-refractivity contribution in [1.82, 2.24) is 10.2 Å². The van der Waals surface area contributed by atoms with E-state index in [4.69, 9.17) is 4.74 Å². The Morgan fingerprint density at radius 3 is 3.05 bits per heavy atom. The zero-order chi connectivity index (χ0) is 13.5. The molecule has 1 aliphatic heterocycles. The topological polar surface area (TPSA) is 24.5 Å². The van der Waals surface area contributed by atoms with Crippen LogP contribution in [0.15, 0.2) is 24.3 Å². The van der Waals surface area contributed by atoms with Gasteiger partial charge in [0.2, 0.25) is 0 Å². The second kappa shape index (κ2) is 7.51. The average molecular weight is 262 g/mol. The summed E-state index contributed by atoms with van der Waals surface area (Å²) < 4.78 is 5.79. The Morgan fingerprint density at radius 1 is 1.42 bits per heavy atom. The molecule has 3 nitrogen and oxygen atoms in total. The number of aryl methyl sites for hydroxylation is 1. The predicted molar refractivity (Wildman–Crippen MR) is 79.8 cm³/mol. The van der Waals surface area contributed by atoms with Crippen LogP contribution in [-0.4, -0.2) is 44.7 Å². The van der Waals surface area contributed by atoms with Crippen LogP contribution in [0, 0.1) is 12.8 Å².